The molecular formula is C7H2ClF6N. The van der Waals surface area contributed by atoms with Gasteiger partial charge in [0, 0.05) is 0 Å². The molecule has 0 atom stereocenters. The molecule has 0 amide bonds. The topological polar surface area (TPSA) is 12.9 Å². The molecule has 0 unspecified atom stereocenters. The third kappa shape index (κ3) is 2.74. The molecule has 0 aliphatic carbocycles. The van der Waals surface area contributed by atoms with Crippen LogP contribution < -0.4 is 0 Å². The van der Waals surface area contributed by atoms with Gasteiger partial charge in [0.2, 0.25) is 0 Å². The fourth-order valence-corrected chi connectivity index (χ4v) is 1.06. The molecule has 0 spiro atoms. The molecule has 0 fully saturated rings. The molecule has 0 radical (unpaired) electrons. The zero-order valence-corrected chi connectivity index (χ0v) is 7.50. The number of hydrogen-bond donors (Lipinski definition) is 0. The molecule has 0 N–H and O–H groups in total. The first-order chi connectivity index (χ1) is 6.62. The summed E-state index contributed by atoms with van der Waals surface area (Å²) in [6, 6.07) is 0.479. The number of rotatable bonds is 0. The molecular weight excluding hydrogens is 248 g/mol. The van der Waals surface area contributed by atoms with Gasteiger partial charge < -0.3 is 0 Å². The number of aromatic nitrogens is 1. The molecule has 0 aromatic carbocycles. The van der Waals surface area contributed by atoms with Gasteiger partial charge >= 0.3 is 12.4 Å². The zero-order valence-electron chi connectivity index (χ0n) is 6.75. The molecule has 0 saturated heterocycles. The maximum atomic E-state index is 12.1. The Morgan fingerprint density at radius 1 is 0.933 bits per heavy atom. The van der Waals surface area contributed by atoms with Crippen LogP contribution in [0, 0.1) is 0 Å². The van der Waals surface area contributed by atoms with Gasteiger partial charge in [-0.15, -0.1) is 0 Å². The summed E-state index contributed by atoms with van der Waals surface area (Å²) in [4.78, 5) is 2.63. The van der Waals surface area contributed by atoms with Crippen LogP contribution in [0.15, 0.2) is 12.1 Å². The minimum Gasteiger partial charge on any atom is -0.231 e. The van der Waals surface area contributed by atoms with E-state index in [1.54, 1.807) is 0 Å². The highest BCUT2D eigenvalue weighted by molar-refractivity contribution is 6.30. The van der Waals surface area contributed by atoms with Gasteiger partial charge in [0.05, 0.1) is 5.56 Å². The van der Waals surface area contributed by atoms with Gasteiger partial charge in [-0.05, 0) is 12.1 Å². The molecule has 1 rings (SSSR count). The molecule has 1 nitrogen and oxygen atoms in total. The van der Waals surface area contributed by atoms with Crippen molar-refractivity contribution in [3.63, 3.8) is 0 Å². The summed E-state index contributed by atoms with van der Waals surface area (Å²) in [7, 11) is 0. The van der Waals surface area contributed by atoms with E-state index in [1.807, 2.05) is 0 Å². The van der Waals surface area contributed by atoms with E-state index in [0.717, 1.165) is 0 Å². The Kier molecular flexibility index (Phi) is 2.86. The maximum Gasteiger partial charge on any atom is 0.433 e. The van der Waals surface area contributed by atoms with Crippen molar-refractivity contribution in [3.8, 4) is 0 Å². The molecule has 1 aromatic rings. The van der Waals surface area contributed by atoms with E-state index in [2.05, 4.69) is 4.98 Å². The molecule has 0 aliphatic heterocycles. The summed E-state index contributed by atoms with van der Waals surface area (Å²) in [5.41, 5.74) is -2.85. The van der Waals surface area contributed by atoms with E-state index in [4.69, 9.17) is 11.6 Å². The Balaban J connectivity index is 3.21. The SMILES string of the molecule is FC(F)(F)c1ccc(C(F)(F)F)c(Cl)n1. The summed E-state index contributed by atoms with van der Waals surface area (Å²) in [6.07, 6.45) is -9.62. The first-order valence-electron chi connectivity index (χ1n) is 3.43. The Hall–Kier alpha value is -0.980. The molecule has 0 bridgehead atoms. The van der Waals surface area contributed by atoms with Gasteiger partial charge in [-0.2, -0.15) is 26.3 Å². The highest BCUT2D eigenvalue weighted by Crippen LogP contribution is 2.36. The van der Waals surface area contributed by atoms with Crippen LogP contribution in [0.2, 0.25) is 5.15 Å². The summed E-state index contributed by atoms with van der Waals surface area (Å²) >= 11 is 4.99. The number of nitrogens with zero attached hydrogens (tertiary/aromatic N) is 1. The fraction of sp³-hybridized carbons (Fsp3) is 0.286. The summed E-state index contributed by atoms with van der Waals surface area (Å²) in [6.45, 7) is 0. The molecule has 84 valence electrons. The molecule has 1 heterocycles. The fourth-order valence-electron chi connectivity index (χ4n) is 0.804. The van der Waals surface area contributed by atoms with Crippen LogP contribution in [0.3, 0.4) is 0 Å². The van der Waals surface area contributed by atoms with Crippen LogP contribution in [0.25, 0.3) is 0 Å². The average Bonchev–Trinajstić information content (AvgIpc) is 1.99. The monoisotopic (exact) mass is 249 g/mol. The predicted octanol–water partition coefficient (Wildman–Crippen LogP) is 3.77. The average molecular weight is 250 g/mol. The van der Waals surface area contributed by atoms with E-state index >= 15 is 0 Å². The lowest BCUT2D eigenvalue weighted by Gasteiger charge is -2.10. The Bertz CT molecular complexity index is 369. The van der Waals surface area contributed by atoms with Crippen LogP contribution in [-0.2, 0) is 12.4 Å². The summed E-state index contributed by atoms with van der Waals surface area (Å²) in [5, 5.41) is -1.21. The van der Waals surface area contributed by atoms with Crippen LogP contribution in [-0.4, -0.2) is 4.98 Å². The molecule has 15 heavy (non-hydrogen) atoms. The molecule has 8 heteroatoms. The largest absolute Gasteiger partial charge is 0.433 e. The van der Waals surface area contributed by atoms with E-state index in [-0.39, 0.29) is 12.1 Å². The number of hydrogen-bond acceptors (Lipinski definition) is 1. The van der Waals surface area contributed by atoms with Crippen molar-refractivity contribution in [1.82, 2.24) is 4.98 Å². The van der Waals surface area contributed by atoms with Crippen molar-refractivity contribution >= 4 is 11.6 Å². The molecule has 1 aromatic heterocycles. The van der Waals surface area contributed by atoms with Crippen LogP contribution in [0.1, 0.15) is 11.3 Å². The lowest BCUT2D eigenvalue weighted by Crippen LogP contribution is -2.12. The minimum absolute atomic E-state index is 0.231. The van der Waals surface area contributed by atoms with Gasteiger partial charge in [0.1, 0.15) is 10.8 Å². The minimum atomic E-state index is -4.81. The standard InChI is InChI=1S/C7H2ClF6N/c8-5-3(6(9,10)11)1-2-4(15-5)7(12,13)14/h1-2H. The summed E-state index contributed by atoms with van der Waals surface area (Å²) < 4.78 is 72.2. The third-order valence-electron chi connectivity index (χ3n) is 1.44. The highest BCUT2D eigenvalue weighted by Gasteiger charge is 2.37. The van der Waals surface area contributed by atoms with Crippen LogP contribution >= 0.6 is 11.6 Å². The molecule has 0 aliphatic rings. The van der Waals surface area contributed by atoms with Crippen molar-refractivity contribution in [2.45, 2.75) is 12.4 Å². The number of pyridine rings is 1. The maximum absolute atomic E-state index is 12.1. The molecule has 0 saturated carbocycles. The zero-order chi connectivity index (χ0) is 11.9. The second kappa shape index (κ2) is 3.55. The van der Waals surface area contributed by atoms with Crippen molar-refractivity contribution in [1.29, 1.82) is 0 Å². The van der Waals surface area contributed by atoms with Gasteiger partial charge in [-0.3, -0.25) is 0 Å². The highest BCUT2D eigenvalue weighted by atomic mass is 35.5. The van der Waals surface area contributed by atoms with E-state index in [1.165, 1.54) is 0 Å². The van der Waals surface area contributed by atoms with Crippen molar-refractivity contribution in [2.24, 2.45) is 0 Å². The van der Waals surface area contributed by atoms with Gasteiger partial charge in [0.15, 0.2) is 0 Å². The predicted molar refractivity (Wildman–Crippen MR) is 39.3 cm³/mol. The van der Waals surface area contributed by atoms with Crippen LogP contribution in [0.5, 0.6) is 0 Å². The van der Waals surface area contributed by atoms with Crippen LogP contribution in [0.4, 0.5) is 26.3 Å². The quantitative estimate of drug-likeness (QED) is 0.504. The Morgan fingerprint density at radius 3 is 1.80 bits per heavy atom. The van der Waals surface area contributed by atoms with Gasteiger partial charge in [-0.25, -0.2) is 4.98 Å². The second-order valence-corrected chi connectivity index (χ2v) is 2.89. The smallest absolute Gasteiger partial charge is 0.231 e. The number of alkyl halides is 6. The van der Waals surface area contributed by atoms with Crippen molar-refractivity contribution in [3.05, 3.63) is 28.5 Å². The van der Waals surface area contributed by atoms with E-state index < -0.39 is 28.8 Å². The Labute approximate surface area is 84.7 Å². The van der Waals surface area contributed by atoms with Crippen molar-refractivity contribution < 1.29 is 26.3 Å². The first-order valence-corrected chi connectivity index (χ1v) is 3.81. The van der Waals surface area contributed by atoms with Gasteiger partial charge in [0.25, 0.3) is 0 Å². The third-order valence-corrected chi connectivity index (χ3v) is 1.73. The number of halogens is 7. The van der Waals surface area contributed by atoms with Crippen molar-refractivity contribution in [2.75, 3.05) is 0 Å². The van der Waals surface area contributed by atoms with E-state index in [9.17, 15) is 26.3 Å². The van der Waals surface area contributed by atoms with E-state index in [0.29, 0.717) is 0 Å². The normalized spacial score (nSPS) is 13.0. The van der Waals surface area contributed by atoms with Gasteiger partial charge in [-0.1, -0.05) is 11.6 Å². The second-order valence-electron chi connectivity index (χ2n) is 2.53. The Morgan fingerprint density at radius 2 is 1.47 bits per heavy atom. The first kappa shape index (κ1) is 12.1. The lowest BCUT2D eigenvalue weighted by atomic mass is 10.2. The lowest BCUT2D eigenvalue weighted by molar-refractivity contribution is -0.144. The summed E-state index contributed by atoms with van der Waals surface area (Å²) in [5.74, 6) is 0.